The summed E-state index contributed by atoms with van der Waals surface area (Å²) in [5.74, 6) is 1.46. The van der Waals surface area contributed by atoms with Crippen LogP contribution in [0.2, 0.25) is 0 Å². The van der Waals surface area contributed by atoms with E-state index in [-0.39, 0.29) is 36.5 Å². The Hall–Kier alpha value is -1.58. The fourth-order valence-corrected chi connectivity index (χ4v) is 11.5. The van der Waals surface area contributed by atoms with Crippen LogP contribution in [0.25, 0.3) is 0 Å². The van der Waals surface area contributed by atoms with E-state index in [0.717, 1.165) is 5.56 Å². The number of alkyl halides is 2. The van der Waals surface area contributed by atoms with E-state index >= 15 is 0 Å². The Morgan fingerprint density at radius 1 is 0.714 bits per heavy atom. The average Bonchev–Trinajstić information content (AvgIpc) is 3.78. The van der Waals surface area contributed by atoms with Gasteiger partial charge < -0.3 is 10.2 Å². The molecule has 5 heterocycles. The number of rotatable bonds is 8. The van der Waals surface area contributed by atoms with Crippen molar-refractivity contribution in [2.45, 2.75) is 70.0 Å². The Morgan fingerprint density at radius 2 is 1.41 bits per heavy atom. The molecule has 3 fully saturated rings. The molecule has 17 nitrogen and oxygen atoms in total. The van der Waals surface area contributed by atoms with Crippen LogP contribution < -0.4 is 66.9 Å². The van der Waals surface area contributed by atoms with Crippen molar-refractivity contribution in [3.63, 3.8) is 0 Å². The molecule has 0 amide bonds. The Morgan fingerprint density at radius 3 is 2.12 bits per heavy atom. The van der Waals surface area contributed by atoms with Gasteiger partial charge in [-0.1, -0.05) is 0 Å². The first kappa shape index (κ1) is 35.8. The van der Waals surface area contributed by atoms with Crippen LogP contribution in [0.5, 0.6) is 28.7 Å². The van der Waals surface area contributed by atoms with Crippen molar-refractivity contribution in [3.8, 4) is 28.7 Å². The van der Waals surface area contributed by atoms with E-state index in [1.807, 2.05) is 18.2 Å². The maximum absolute atomic E-state index is 11.2. The minimum Gasteiger partial charge on any atom is -0.390 e. The van der Waals surface area contributed by atoms with Crippen LogP contribution >= 0.6 is 0 Å². The molecule has 274 valence electrons. The van der Waals surface area contributed by atoms with E-state index in [4.69, 9.17) is 44.0 Å². The standard InChI is InChI=1S/C30H36I2O17/c33-7-13-9-40-29(16(36)5-15(35)23(13)37)47-26-25(39)24(38)22(8-34)46-30(26)45-18-6-21-20(43-11-44-21)4-14(18)28-32-48-27(31-49-28)12-1-2-17-19(3-12)42-10-41-17/h1-4,6,13,15-16,22-30,33-39H,5,7-11H2/q-2/t13?,15?,16?,22?,23-,24-,25?,26?,27-,28-,29+,30-/m1/s1. The van der Waals surface area contributed by atoms with Crippen molar-refractivity contribution in [2.24, 2.45) is 5.92 Å². The van der Waals surface area contributed by atoms with Crippen molar-refractivity contribution in [1.82, 2.24) is 0 Å². The summed E-state index contributed by atoms with van der Waals surface area (Å²) in [7, 11) is 0. The van der Waals surface area contributed by atoms with E-state index in [2.05, 4.69) is 0 Å². The van der Waals surface area contributed by atoms with Gasteiger partial charge in [0.1, 0.15) is 0 Å². The first-order valence-corrected chi connectivity index (χ1v) is 19.6. The van der Waals surface area contributed by atoms with E-state index in [0.29, 0.717) is 28.6 Å². The van der Waals surface area contributed by atoms with Crippen molar-refractivity contribution in [2.75, 3.05) is 33.4 Å². The third-order valence-electron chi connectivity index (χ3n) is 8.57. The van der Waals surface area contributed by atoms with Crippen LogP contribution in [0.1, 0.15) is 25.8 Å². The molecule has 0 bridgehead atoms. The Labute approximate surface area is 301 Å². The molecule has 19 heteroatoms. The third-order valence-corrected chi connectivity index (χ3v) is 14.9. The number of halogens is 2. The van der Waals surface area contributed by atoms with Gasteiger partial charge >= 0.3 is 292 Å². The second kappa shape index (κ2) is 15.6. The Kier molecular flexibility index (Phi) is 11.4. The maximum atomic E-state index is 11.2. The molecule has 12 atom stereocenters. The number of hydrogen-bond donors (Lipinski definition) is 7. The summed E-state index contributed by atoms with van der Waals surface area (Å²) in [6.07, 6.45) is -13.7. The van der Waals surface area contributed by atoms with E-state index in [1.54, 1.807) is 12.1 Å². The van der Waals surface area contributed by atoms with Crippen LogP contribution in [-0.2, 0) is 20.3 Å². The number of hydrogen-bond acceptors (Lipinski definition) is 17. The van der Waals surface area contributed by atoms with Gasteiger partial charge in [0.15, 0.2) is 0 Å². The average molecular weight is 922 g/mol. The van der Waals surface area contributed by atoms with Gasteiger partial charge in [0.05, 0.1) is 0 Å². The minimum absolute atomic E-state index is 0.0239. The number of ether oxygens (including phenoxy) is 8. The van der Waals surface area contributed by atoms with Crippen molar-refractivity contribution in [1.29, 1.82) is 0 Å². The molecule has 0 radical (unpaired) electrons. The molecule has 6 unspecified atom stereocenters. The summed E-state index contributed by atoms with van der Waals surface area (Å²) in [4.78, 5) is 0. The summed E-state index contributed by atoms with van der Waals surface area (Å²) >= 11 is -2.09. The fraction of sp³-hybridized carbons (Fsp3) is 0.600. The van der Waals surface area contributed by atoms with Gasteiger partial charge in [-0.05, 0) is 0 Å². The SMILES string of the molecule is OCC1CO[C@@H](OC2C(O)[C@H](O)C(CO)O[C@H]2Oc2cc3c(cc2[C@H]2O[I-][C@@H](c4ccc5c(c4)OCO5)O[I-]2)OCO3)C(O)CC(O)[C@@H]1O. The van der Waals surface area contributed by atoms with E-state index in [9.17, 15) is 35.7 Å². The van der Waals surface area contributed by atoms with Gasteiger partial charge in [0, 0.05) is 0 Å². The first-order valence-electron chi connectivity index (χ1n) is 15.4. The monoisotopic (exact) mass is 922 g/mol. The first-order chi connectivity index (χ1) is 23.7. The third kappa shape index (κ3) is 7.51. The van der Waals surface area contributed by atoms with Crippen molar-refractivity contribution >= 4 is 0 Å². The molecule has 49 heavy (non-hydrogen) atoms. The van der Waals surface area contributed by atoms with Crippen LogP contribution in [-0.4, -0.2) is 124 Å². The molecule has 3 saturated heterocycles. The Balaban J connectivity index is 1.12. The number of aliphatic hydroxyl groups is 7. The summed E-state index contributed by atoms with van der Waals surface area (Å²) in [6, 6.07) is 8.93. The van der Waals surface area contributed by atoms with Gasteiger partial charge in [-0.2, -0.15) is 0 Å². The molecule has 0 aromatic heterocycles. The predicted octanol–water partition coefficient (Wildman–Crippen LogP) is -7.46. The molecule has 5 aliphatic heterocycles. The summed E-state index contributed by atoms with van der Waals surface area (Å²) in [6.45, 7) is -1.35. The predicted molar refractivity (Wildman–Crippen MR) is 149 cm³/mol. The summed E-state index contributed by atoms with van der Waals surface area (Å²) in [5, 5.41) is 73.0. The van der Waals surface area contributed by atoms with Gasteiger partial charge in [0.25, 0.3) is 0 Å². The molecule has 7 N–H and O–H groups in total. The minimum atomic E-state index is -1.70. The molecule has 7 rings (SSSR count). The zero-order valence-electron chi connectivity index (χ0n) is 25.5. The second-order valence-electron chi connectivity index (χ2n) is 11.8. The molecule has 2 aromatic rings. The summed E-state index contributed by atoms with van der Waals surface area (Å²) in [5.41, 5.74) is 1.47. The van der Waals surface area contributed by atoms with Crippen molar-refractivity contribution < 1.29 is 123 Å². The van der Waals surface area contributed by atoms with Gasteiger partial charge in [-0.25, -0.2) is 0 Å². The number of benzene rings is 2. The second-order valence-corrected chi connectivity index (χ2v) is 16.1. The molecule has 0 aliphatic carbocycles. The molecule has 0 saturated carbocycles. The molecule has 0 spiro atoms. The van der Waals surface area contributed by atoms with Crippen LogP contribution in [0, 0.1) is 5.92 Å². The quantitative estimate of drug-likeness (QED) is 0.0963. The summed E-state index contributed by atoms with van der Waals surface area (Å²) < 4.78 is 58.0. The molecular formula is C30H36I2O17-2. The normalized spacial score (nSPS) is 37.7. The van der Waals surface area contributed by atoms with Crippen LogP contribution in [0.4, 0.5) is 0 Å². The molecule has 2 aromatic carbocycles. The van der Waals surface area contributed by atoms with Crippen molar-refractivity contribution in [3.05, 3.63) is 41.5 Å². The van der Waals surface area contributed by atoms with Gasteiger partial charge in [-0.3, -0.25) is 0 Å². The number of aliphatic hydroxyl groups excluding tert-OH is 7. The van der Waals surface area contributed by atoms with Gasteiger partial charge in [0.2, 0.25) is 0 Å². The van der Waals surface area contributed by atoms with E-state index in [1.165, 1.54) is 0 Å². The molecular weight excluding hydrogens is 886 g/mol. The van der Waals surface area contributed by atoms with E-state index < -0.39 is 122 Å². The zero-order valence-corrected chi connectivity index (χ0v) is 29.8. The topological polar surface area (TPSA) is 234 Å². The fourth-order valence-electron chi connectivity index (χ4n) is 5.79. The number of fused-ring (bicyclic) bond motifs is 2. The zero-order chi connectivity index (χ0) is 34.2. The van der Waals surface area contributed by atoms with Crippen LogP contribution in [0.3, 0.4) is 0 Å². The molecule has 5 aliphatic rings. The Bertz CT molecular complexity index is 1450. The smallest absolute Gasteiger partial charge is 0.390 e. The van der Waals surface area contributed by atoms with Crippen LogP contribution in [0.15, 0.2) is 30.3 Å². The van der Waals surface area contributed by atoms with Gasteiger partial charge in [-0.15, -0.1) is 0 Å².